The Labute approximate surface area is 281 Å². The normalized spacial score (nSPS) is 33.3. The van der Waals surface area contributed by atoms with E-state index in [1.807, 2.05) is 0 Å². The molecule has 2 aliphatic carbocycles. The van der Waals surface area contributed by atoms with Gasteiger partial charge in [0.25, 0.3) is 0 Å². The Bertz CT molecular complexity index is 1720. The van der Waals surface area contributed by atoms with Crippen LogP contribution in [0.2, 0.25) is 0 Å². The van der Waals surface area contributed by atoms with E-state index in [0.717, 1.165) is 0 Å². The number of benzene rings is 2. The second kappa shape index (κ2) is 12.9. The average Bonchev–Trinajstić information content (AvgIpc) is 3.01. The summed E-state index contributed by atoms with van der Waals surface area (Å²) in [4.78, 5) is 53.0. The molecule has 4 aliphatic rings. The number of aliphatic hydroxyl groups excluding tert-OH is 2. The molecule has 14 heteroatoms. The third-order valence-corrected chi connectivity index (χ3v) is 9.96. The summed E-state index contributed by atoms with van der Waals surface area (Å²) in [6, 6.07) is 3.60. The molecular formula is C35H41NO13. The van der Waals surface area contributed by atoms with E-state index in [1.54, 1.807) is 20.8 Å². The van der Waals surface area contributed by atoms with Crippen LogP contribution in [0, 0.1) is 0 Å². The summed E-state index contributed by atoms with van der Waals surface area (Å²) in [7, 11) is 0. The Morgan fingerprint density at radius 2 is 1.71 bits per heavy atom. The maximum absolute atomic E-state index is 14.0. The topological polar surface area (TPSA) is 218 Å². The summed E-state index contributed by atoms with van der Waals surface area (Å²) >= 11 is 0. The first kappa shape index (κ1) is 35.2. The van der Waals surface area contributed by atoms with Crippen LogP contribution in [0.1, 0.15) is 113 Å². The number of carbonyl (C=O) groups is 4. The Hall–Kier alpha value is -3.60. The second-order valence-corrected chi connectivity index (χ2v) is 13.6. The van der Waals surface area contributed by atoms with Crippen molar-refractivity contribution in [2.45, 2.75) is 121 Å². The van der Waals surface area contributed by atoms with Crippen LogP contribution in [0.25, 0.3) is 0 Å². The molecule has 0 saturated carbocycles. The van der Waals surface area contributed by atoms with Crippen molar-refractivity contribution in [3.8, 4) is 11.5 Å². The van der Waals surface area contributed by atoms with E-state index in [1.165, 1.54) is 32.0 Å². The molecule has 0 aromatic heterocycles. The molecule has 2 aromatic rings. The van der Waals surface area contributed by atoms with Crippen molar-refractivity contribution in [2.75, 3.05) is 0 Å². The van der Waals surface area contributed by atoms with E-state index < -0.39 is 120 Å². The molecule has 6 rings (SSSR count). The van der Waals surface area contributed by atoms with E-state index in [0.29, 0.717) is 0 Å². The van der Waals surface area contributed by atoms with Gasteiger partial charge in [0.2, 0.25) is 0 Å². The number of hydrogen-bond acceptors (Lipinski definition) is 14. The monoisotopic (exact) mass is 683 g/mol. The van der Waals surface area contributed by atoms with Gasteiger partial charge >= 0.3 is 0 Å². The zero-order valence-corrected chi connectivity index (χ0v) is 27.8. The molecule has 0 radical (unpaired) electrons. The fourth-order valence-electron chi connectivity index (χ4n) is 7.40. The summed E-state index contributed by atoms with van der Waals surface area (Å²) < 4.78 is 24.5. The van der Waals surface area contributed by atoms with Crippen LogP contribution >= 0.6 is 0 Å². The van der Waals surface area contributed by atoms with Crippen molar-refractivity contribution in [1.29, 1.82) is 0 Å². The number of carbonyl (C=O) groups excluding carboxylic acids is 4. The number of nitrogens with one attached hydrogen (secondary N) is 1. The number of phenolic OH excluding ortho intramolecular Hbond substituents is 2. The van der Waals surface area contributed by atoms with Crippen LogP contribution in [-0.2, 0) is 30.2 Å². The molecule has 2 aromatic carbocycles. The molecule has 2 heterocycles. The van der Waals surface area contributed by atoms with Crippen LogP contribution in [0.4, 0.5) is 0 Å². The summed E-state index contributed by atoms with van der Waals surface area (Å²) in [5.41, 5.74) is -3.71. The van der Waals surface area contributed by atoms with Gasteiger partial charge in [-0.05, 0) is 34.6 Å². The number of rotatable bonds is 6. The molecule has 6 N–H and O–H groups in total. The average molecular weight is 684 g/mol. The first-order valence-electron chi connectivity index (χ1n) is 16.3. The largest absolute Gasteiger partial charge is 0.507 e. The molecule has 49 heavy (non-hydrogen) atoms. The Morgan fingerprint density at radius 1 is 1.02 bits per heavy atom. The molecule has 0 unspecified atom stereocenters. The van der Waals surface area contributed by atoms with E-state index in [9.17, 15) is 44.7 Å². The number of Topliss-reactive ketones (excluding diaryl/α,β-unsaturated/α-hetero) is 2. The van der Waals surface area contributed by atoms with E-state index >= 15 is 0 Å². The third kappa shape index (κ3) is 6.10. The number of phenols is 2. The fraction of sp³-hybridized carbons (Fsp3) is 0.543. The number of aliphatic hydroxyl groups is 3. The summed E-state index contributed by atoms with van der Waals surface area (Å²) in [6.45, 7) is 7.35. The van der Waals surface area contributed by atoms with Crippen molar-refractivity contribution in [1.82, 2.24) is 5.32 Å². The summed E-state index contributed by atoms with van der Waals surface area (Å²) in [6.07, 6.45) is -7.87. The third-order valence-electron chi connectivity index (χ3n) is 9.96. The van der Waals surface area contributed by atoms with Gasteiger partial charge in [-0.15, -0.1) is 0 Å². The minimum absolute atomic E-state index is 0.0254. The van der Waals surface area contributed by atoms with Crippen molar-refractivity contribution >= 4 is 23.1 Å². The Kier molecular flexibility index (Phi) is 9.30. The number of hydrogen-bond donors (Lipinski definition) is 6. The smallest absolute Gasteiger partial charge is 0.199 e. The highest BCUT2D eigenvalue weighted by atomic mass is 16.7. The van der Waals surface area contributed by atoms with Gasteiger partial charge in [0.15, 0.2) is 35.7 Å². The highest BCUT2D eigenvalue weighted by molar-refractivity contribution is 6.32. The standard InChI is InChI=1S/C35H41NO13/c1-13(37)9-23-47-16(4)34(44)36-21-10-24(46-15(3)33(21)49-23)48-22-12-35(45,17(5)39)11-20-26(22)32(43)28-27(30(20)41)29(40)19-8-6-7-18(14(2)38)25(19)31(28)42/h6-8,13,15-16,21-24,33-34,36-37,41,43-45H,9-12H2,1-5H3/t13-,15+,16-,21-,22-,23+,24-,33-,34-,35+/m1/s1. The van der Waals surface area contributed by atoms with E-state index in [2.05, 4.69) is 5.32 Å². The lowest BCUT2D eigenvalue weighted by Gasteiger charge is -2.46. The molecule has 2 saturated heterocycles. The molecule has 0 amide bonds. The van der Waals surface area contributed by atoms with Gasteiger partial charge in [0.1, 0.15) is 29.4 Å². The molecule has 10 atom stereocenters. The number of ketones is 4. The first-order chi connectivity index (χ1) is 23.0. The van der Waals surface area contributed by atoms with Crippen LogP contribution in [0.15, 0.2) is 18.2 Å². The van der Waals surface area contributed by atoms with Crippen molar-refractivity contribution in [2.24, 2.45) is 0 Å². The summed E-state index contributed by atoms with van der Waals surface area (Å²) in [5.74, 6) is -4.17. The Morgan fingerprint density at radius 3 is 2.37 bits per heavy atom. The quantitative estimate of drug-likeness (QED) is 0.161. The highest BCUT2D eigenvalue weighted by Crippen LogP contribution is 2.52. The van der Waals surface area contributed by atoms with E-state index in [-0.39, 0.29) is 40.7 Å². The van der Waals surface area contributed by atoms with Gasteiger partial charge in [-0.25, -0.2) is 0 Å². The fourth-order valence-corrected chi connectivity index (χ4v) is 7.40. The number of fused-ring (bicyclic) bond motifs is 4. The first-order valence-corrected chi connectivity index (χ1v) is 16.3. The van der Waals surface area contributed by atoms with Crippen LogP contribution in [-0.4, -0.2) is 104 Å². The van der Waals surface area contributed by atoms with Crippen LogP contribution in [0.3, 0.4) is 0 Å². The van der Waals surface area contributed by atoms with Crippen LogP contribution in [0.5, 0.6) is 11.5 Å². The molecule has 14 nitrogen and oxygen atoms in total. The van der Waals surface area contributed by atoms with Gasteiger partial charge in [-0.1, -0.05) is 18.2 Å². The minimum atomic E-state index is -2.08. The van der Waals surface area contributed by atoms with Crippen molar-refractivity contribution in [3.63, 3.8) is 0 Å². The van der Waals surface area contributed by atoms with Gasteiger partial charge in [0.05, 0.1) is 35.5 Å². The zero-order chi connectivity index (χ0) is 35.7. The molecule has 2 fully saturated rings. The SMILES string of the molecule is CC(=O)c1cccc2c1C(=O)c1c(O)c3c(c(O)c1C2=O)C[C@@](O)(C(C)=O)C[C@H]3O[C@@H]1C[C@H]2N[C@H](O)[C@@H](C)O[C@H](C[C@@H](C)O)O[C@@H]2[C@H](C)O1. The molecule has 0 spiro atoms. The van der Waals surface area contributed by atoms with Gasteiger partial charge in [-0.2, -0.15) is 0 Å². The lowest BCUT2D eigenvalue weighted by molar-refractivity contribution is -0.304. The molecule has 2 aliphatic heterocycles. The maximum Gasteiger partial charge on any atom is 0.199 e. The molecular weight excluding hydrogens is 642 g/mol. The summed E-state index contributed by atoms with van der Waals surface area (Å²) in [5, 5.41) is 58.7. The van der Waals surface area contributed by atoms with Gasteiger partial charge in [0, 0.05) is 59.5 Å². The lowest BCUT2D eigenvalue weighted by Crippen LogP contribution is -2.62. The van der Waals surface area contributed by atoms with Gasteiger partial charge < -0.3 is 44.5 Å². The Balaban J connectivity index is 1.40. The maximum atomic E-state index is 14.0. The van der Waals surface area contributed by atoms with Crippen molar-refractivity contribution < 1.29 is 63.7 Å². The molecule has 264 valence electrons. The minimum Gasteiger partial charge on any atom is -0.507 e. The van der Waals surface area contributed by atoms with Gasteiger partial charge in [-0.3, -0.25) is 24.5 Å². The zero-order valence-electron chi connectivity index (χ0n) is 27.8. The predicted octanol–water partition coefficient (Wildman–Crippen LogP) is 1.71. The van der Waals surface area contributed by atoms with Crippen molar-refractivity contribution in [3.05, 3.63) is 57.1 Å². The lowest BCUT2D eigenvalue weighted by atomic mass is 9.71. The number of ether oxygens (including phenoxy) is 4. The highest BCUT2D eigenvalue weighted by Gasteiger charge is 2.50. The number of aromatic hydroxyl groups is 2. The second-order valence-electron chi connectivity index (χ2n) is 13.6. The van der Waals surface area contributed by atoms with E-state index in [4.69, 9.17) is 18.9 Å². The van der Waals surface area contributed by atoms with Crippen LogP contribution < -0.4 is 5.32 Å². The predicted molar refractivity (Wildman–Crippen MR) is 168 cm³/mol. The molecule has 0 bridgehead atoms.